The molecule has 0 radical (unpaired) electrons. The number of nitrogens with zero attached hydrogens (tertiary/aromatic N) is 6. The van der Waals surface area contributed by atoms with Crippen LogP contribution < -0.4 is 11.1 Å². The molecule has 0 saturated heterocycles. The minimum atomic E-state index is -5.19. The standard InChI is InChI=1S/C41H32N8O11S3/c1-23-4-2-3-5-32(23)43-34-22-30(50)16-19-33(34)47-44-27-10-6-24(7-11-27)25-8-12-28(13-9-25)45-48-39-35(62(55,56)57)20-26-21-36(63(58,59)60)40(41(51)37(26)38(39)42)49-46-29-14-17-31(18-15-29)61(52,53)54/h2-22,43,50-51H,42H2,1H3,(H,52,53,54)(H,55,56,57)(H,58,59,60). The molecule has 0 heterocycles. The Morgan fingerprint density at radius 1 is 0.524 bits per heavy atom. The number of aryl methyl sites for hydroxylation is 1. The predicted octanol–water partition coefficient (Wildman–Crippen LogP) is 10.5. The zero-order chi connectivity index (χ0) is 45.3. The molecule has 0 aromatic heterocycles. The van der Waals surface area contributed by atoms with Crippen LogP contribution in [0.3, 0.4) is 0 Å². The van der Waals surface area contributed by atoms with Gasteiger partial charge >= 0.3 is 0 Å². The van der Waals surface area contributed by atoms with Crippen molar-refractivity contribution in [3.05, 3.63) is 133 Å². The Labute approximate surface area is 358 Å². The monoisotopic (exact) mass is 908 g/mol. The van der Waals surface area contributed by atoms with Crippen LogP contribution in [-0.2, 0) is 30.4 Å². The van der Waals surface area contributed by atoms with E-state index in [1.54, 1.807) is 48.5 Å². The van der Waals surface area contributed by atoms with Gasteiger partial charge in [0.2, 0.25) is 0 Å². The summed E-state index contributed by atoms with van der Waals surface area (Å²) < 4.78 is 102. The van der Waals surface area contributed by atoms with Crippen molar-refractivity contribution in [3.63, 3.8) is 0 Å². The molecule has 0 spiro atoms. The molecule has 0 amide bonds. The molecule has 0 saturated carbocycles. The summed E-state index contributed by atoms with van der Waals surface area (Å²) in [6.45, 7) is 1.96. The fourth-order valence-corrected chi connectivity index (χ4v) is 7.94. The maximum atomic E-state index is 12.5. The van der Waals surface area contributed by atoms with Crippen LogP contribution in [0.15, 0.2) is 173 Å². The lowest BCUT2D eigenvalue weighted by Gasteiger charge is -2.14. The maximum absolute atomic E-state index is 12.5. The van der Waals surface area contributed by atoms with Crippen molar-refractivity contribution >= 4 is 92.3 Å². The number of para-hydroxylation sites is 1. The second-order valence-corrected chi connectivity index (χ2v) is 17.8. The van der Waals surface area contributed by atoms with Crippen LogP contribution in [0, 0.1) is 6.92 Å². The van der Waals surface area contributed by atoms with Crippen LogP contribution in [0.5, 0.6) is 11.5 Å². The number of benzene rings is 7. The molecule has 19 nitrogen and oxygen atoms in total. The van der Waals surface area contributed by atoms with Crippen LogP contribution in [0.4, 0.5) is 51.2 Å². The third-order valence-corrected chi connectivity index (χ3v) is 11.9. The van der Waals surface area contributed by atoms with E-state index in [0.717, 1.165) is 58.8 Å². The highest BCUT2D eigenvalue weighted by Crippen LogP contribution is 2.48. The Morgan fingerprint density at radius 2 is 1.02 bits per heavy atom. The first-order valence-electron chi connectivity index (χ1n) is 18.0. The van der Waals surface area contributed by atoms with Gasteiger partial charge in [-0.05, 0) is 108 Å². The van der Waals surface area contributed by atoms with Crippen molar-refractivity contribution in [2.24, 2.45) is 30.7 Å². The molecule has 0 bridgehead atoms. The van der Waals surface area contributed by atoms with E-state index in [4.69, 9.17) is 5.73 Å². The van der Waals surface area contributed by atoms with Gasteiger partial charge in [-0.25, -0.2) is 0 Å². The predicted molar refractivity (Wildman–Crippen MR) is 233 cm³/mol. The highest BCUT2D eigenvalue weighted by molar-refractivity contribution is 7.86. The van der Waals surface area contributed by atoms with E-state index in [0.29, 0.717) is 17.1 Å². The normalized spacial score (nSPS) is 12.5. The van der Waals surface area contributed by atoms with Crippen molar-refractivity contribution in [2.45, 2.75) is 21.6 Å². The van der Waals surface area contributed by atoms with Gasteiger partial charge in [-0.1, -0.05) is 42.5 Å². The summed E-state index contributed by atoms with van der Waals surface area (Å²) in [5.41, 5.74) is 9.37. The summed E-state index contributed by atoms with van der Waals surface area (Å²) in [4.78, 5) is -2.42. The average molecular weight is 909 g/mol. The van der Waals surface area contributed by atoms with Crippen LogP contribution in [0.2, 0.25) is 0 Å². The number of hydrogen-bond donors (Lipinski definition) is 7. The summed E-state index contributed by atoms with van der Waals surface area (Å²) in [5, 5.41) is 48.2. The van der Waals surface area contributed by atoms with Crippen molar-refractivity contribution < 1.29 is 49.1 Å². The first kappa shape index (κ1) is 43.6. The lowest BCUT2D eigenvalue weighted by molar-refractivity contribution is 0.472. The number of phenolic OH excluding ortho intramolecular Hbond substituents is 2. The molecule has 7 aromatic rings. The maximum Gasteiger partial charge on any atom is 0.296 e. The molecule has 0 unspecified atom stereocenters. The number of nitrogen functional groups attached to an aromatic ring is 1. The topological polar surface area (TPSA) is 316 Å². The highest BCUT2D eigenvalue weighted by Gasteiger charge is 2.28. The Kier molecular flexibility index (Phi) is 11.9. The van der Waals surface area contributed by atoms with Gasteiger partial charge in [0.1, 0.15) is 32.6 Å². The van der Waals surface area contributed by atoms with E-state index in [1.165, 1.54) is 6.07 Å². The Bertz CT molecular complexity index is 3370. The molecule has 0 aliphatic rings. The number of nitrogens with two attached hydrogens (primary N) is 1. The second kappa shape index (κ2) is 17.1. The molecule has 0 aliphatic carbocycles. The molecule has 22 heteroatoms. The van der Waals surface area contributed by atoms with E-state index >= 15 is 0 Å². The van der Waals surface area contributed by atoms with Gasteiger partial charge in [0.25, 0.3) is 30.4 Å². The second-order valence-electron chi connectivity index (χ2n) is 13.6. The molecule has 7 aromatic carbocycles. The van der Waals surface area contributed by atoms with Crippen LogP contribution >= 0.6 is 0 Å². The van der Waals surface area contributed by atoms with Gasteiger partial charge in [0.15, 0.2) is 5.75 Å². The Balaban J connectivity index is 1.16. The zero-order valence-electron chi connectivity index (χ0n) is 32.3. The smallest absolute Gasteiger partial charge is 0.296 e. The minimum absolute atomic E-state index is 0.0617. The average Bonchev–Trinajstić information content (AvgIpc) is 3.23. The van der Waals surface area contributed by atoms with Crippen molar-refractivity contribution in [3.8, 4) is 22.6 Å². The molecular formula is C41H32N8O11S3. The van der Waals surface area contributed by atoms with E-state index in [2.05, 4.69) is 36.0 Å². The first-order chi connectivity index (χ1) is 29.8. The number of fused-ring (bicyclic) bond motifs is 1. The number of aromatic hydroxyl groups is 2. The minimum Gasteiger partial charge on any atom is -0.508 e. The number of nitrogens with one attached hydrogen (secondary N) is 1. The fourth-order valence-electron chi connectivity index (χ4n) is 6.13. The Morgan fingerprint density at radius 3 is 1.54 bits per heavy atom. The van der Waals surface area contributed by atoms with E-state index in [9.17, 15) is 49.1 Å². The van der Waals surface area contributed by atoms with E-state index in [-0.39, 0.29) is 22.5 Å². The van der Waals surface area contributed by atoms with Crippen molar-refractivity contribution in [1.82, 2.24) is 0 Å². The van der Waals surface area contributed by atoms with Crippen LogP contribution in [0.25, 0.3) is 21.9 Å². The first-order valence-corrected chi connectivity index (χ1v) is 22.3. The van der Waals surface area contributed by atoms with Gasteiger partial charge in [0.05, 0.1) is 38.7 Å². The van der Waals surface area contributed by atoms with Gasteiger partial charge < -0.3 is 21.3 Å². The molecule has 0 atom stereocenters. The van der Waals surface area contributed by atoms with Crippen molar-refractivity contribution in [1.29, 1.82) is 0 Å². The number of rotatable bonds is 12. The van der Waals surface area contributed by atoms with Crippen molar-refractivity contribution in [2.75, 3.05) is 11.1 Å². The number of phenols is 2. The lowest BCUT2D eigenvalue weighted by Crippen LogP contribution is -2.03. The molecule has 8 N–H and O–H groups in total. The van der Waals surface area contributed by atoms with Crippen LogP contribution in [0.1, 0.15) is 5.56 Å². The fraction of sp³-hybridized carbons (Fsp3) is 0.0244. The van der Waals surface area contributed by atoms with Crippen LogP contribution in [-0.4, -0.2) is 49.1 Å². The van der Waals surface area contributed by atoms with Gasteiger partial charge in [-0.2, -0.15) is 40.6 Å². The number of anilines is 3. The van der Waals surface area contributed by atoms with E-state index < -0.39 is 73.2 Å². The lowest BCUT2D eigenvalue weighted by atomic mass is 10.0. The SMILES string of the molecule is Cc1ccccc1Nc1cc(O)ccc1N=Nc1ccc(-c2ccc(N=Nc3c(S(=O)(=O)O)cc4cc(S(=O)(=O)O)c(N=Nc5ccc(S(=O)(=O)O)cc5)c(O)c4c3N)cc2)cc1. The Hall–Kier alpha value is -7.47. The van der Waals surface area contributed by atoms with Gasteiger partial charge in [0, 0.05) is 11.8 Å². The summed E-state index contributed by atoms with van der Waals surface area (Å²) in [6.07, 6.45) is 0. The zero-order valence-corrected chi connectivity index (χ0v) is 34.7. The highest BCUT2D eigenvalue weighted by atomic mass is 32.2. The molecule has 0 fully saturated rings. The molecule has 7 rings (SSSR count). The number of hydrogen-bond acceptors (Lipinski definition) is 16. The van der Waals surface area contributed by atoms with Gasteiger partial charge in [-0.3, -0.25) is 13.7 Å². The largest absolute Gasteiger partial charge is 0.508 e. The summed E-state index contributed by atoms with van der Waals surface area (Å²) in [6, 6.07) is 31.7. The number of azo groups is 3. The quantitative estimate of drug-likeness (QED) is 0.0341. The summed E-state index contributed by atoms with van der Waals surface area (Å²) >= 11 is 0. The molecule has 0 aliphatic heterocycles. The third-order valence-electron chi connectivity index (χ3n) is 9.27. The third kappa shape index (κ3) is 9.86. The van der Waals surface area contributed by atoms with E-state index in [1.807, 2.05) is 43.3 Å². The summed E-state index contributed by atoms with van der Waals surface area (Å²) in [7, 11) is -14.9. The summed E-state index contributed by atoms with van der Waals surface area (Å²) in [5.74, 6) is -0.932. The molecule has 320 valence electrons. The van der Waals surface area contributed by atoms with Gasteiger partial charge in [-0.15, -0.1) is 15.3 Å². The molecule has 63 heavy (non-hydrogen) atoms. The molecular weight excluding hydrogens is 877 g/mol.